The Hall–Kier alpha value is -1.43. The molecular formula is C16H24N2O3S. The van der Waals surface area contributed by atoms with Crippen LogP contribution in [-0.2, 0) is 15.5 Å². The van der Waals surface area contributed by atoms with Crippen LogP contribution in [0.2, 0.25) is 0 Å². The van der Waals surface area contributed by atoms with Crippen molar-refractivity contribution in [2.45, 2.75) is 44.7 Å². The molecule has 0 spiro atoms. The first-order valence-electron chi connectivity index (χ1n) is 7.53. The van der Waals surface area contributed by atoms with E-state index in [0.717, 1.165) is 12.0 Å². The molecule has 0 radical (unpaired) electrons. The third-order valence-corrected chi connectivity index (χ3v) is 4.91. The Bertz CT molecular complexity index is 569. The number of carbonyl (C=O) groups is 1. The largest absolute Gasteiger partial charge is 0.444 e. The zero-order valence-corrected chi connectivity index (χ0v) is 14.5. The van der Waals surface area contributed by atoms with E-state index < -0.39 is 16.4 Å². The summed E-state index contributed by atoms with van der Waals surface area (Å²) >= 11 is 0. The second-order valence-corrected chi connectivity index (χ2v) is 8.21. The van der Waals surface area contributed by atoms with Crippen molar-refractivity contribution in [1.29, 1.82) is 0 Å². The second kappa shape index (κ2) is 6.77. The van der Waals surface area contributed by atoms with Gasteiger partial charge in [0.05, 0.1) is 10.8 Å². The number of amides is 1. The van der Waals surface area contributed by atoms with Crippen molar-refractivity contribution in [1.82, 2.24) is 9.88 Å². The quantitative estimate of drug-likeness (QED) is 0.858. The van der Waals surface area contributed by atoms with Gasteiger partial charge in [-0.3, -0.25) is 4.21 Å². The Morgan fingerprint density at radius 2 is 2.23 bits per heavy atom. The van der Waals surface area contributed by atoms with Gasteiger partial charge >= 0.3 is 6.09 Å². The standard InChI is InChI=1S/C16H24N2O3S/c1-12-5-7-17-14(9-12)22(20)11-13-6-8-18(10-13)15(19)21-16(2,3)4/h5,7,9,13H,6,8,10-11H2,1-4H3/t13-,22+/m1/s1. The zero-order valence-electron chi connectivity index (χ0n) is 13.7. The highest BCUT2D eigenvalue weighted by Crippen LogP contribution is 2.21. The van der Waals surface area contributed by atoms with Gasteiger partial charge in [-0.25, -0.2) is 9.78 Å². The van der Waals surface area contributed by atoms with Crippen LogP contribution in [0.1, 0.15) is 32.8 Å². The predicted octanol–water partition coefficient (Wildman–Crippen LogP) is 2.75. The molecule has 122 valence electrons. The minimum absolute atomic E-state index is 0.232. The van der Waals surface area contributed by atoms with E-state index in [1.807, 2.05) is 39.8 Å². The number of aryl methyl sites for hydroxylation is 1. The van der Waals surface area contributed by atoms with Crippen LogP contribution in [-0.4, -0.2) is 44.6 Å². The van der Waals surface area contributed by atoms with Gasteiger partial charge in [0.1, 0.15) is 10.6 Å². The van der Waals surface area contributed by atoms with Crippen LogP contribution in [0.3, 0.4) is 0 Å². The Morgan fingerprint density at radius 3 is 2.86 bits per heavy atom. The summed E-state index contributed by atoms with van der Waals surface area (Å²) in [4.78, 5) is 17.9. The molecule has 0 saturated carbocycles. The molecule has 22 heavy (non-hydrogen) atoms. The Morgan fingerprint density at radius 1 is 1.50 bits per heavy atom. The van der Waals surface area contributed by atoms with E-state index in [9.17, 15) is 9.00 Å². The number of aromatic nitrogens is 1. The molecular weight excluding hydrogens is 300 g/mol. The van der Waals surface area contributed by atoms with Crippen molar-refractivity contribution in [2.24, 2.45) is 5.92 Å². The van der Waals surface area contributed by atoms with Crippen LogP contribution < -0.4 is 0 Å². The first-order chi connectivity index (χ1) is 10.2. The minimum atomic E-state index is -1.12. The molecule has 0 unspecified atom stereocenters. The van der Waals surface area contributed by atoms with Crippen molar-refractivity contribution >= 4 is 16.9 Å². The lowest BCUT2D eigenvalue weighted by Crippen LogP contribution is -2.35. The first-order valence-corrected chi connectivity index (χ1v) is 8.85. The number of ether oxygens (including phenoxy) is 1. The van der Waals surface area contributed by atoms with E-state index >= 15 is 0 Å². The number of carbonyl (C=O) groups excluding carboxylic acids is 1. The molecule has 1 saturated heterocycles. The molecule has 6 heteroatoms. The zero-order chi connectivity index (χ0) is 16.3. The lowest BCUT2D eigenvalue weighted by atomic mass is 10.2. The number of hydrogen-bond acceptors (Lipinski definition) is 4. The summed E-state index contributed by atoms with van der Waals surface area (Å²) in [5, 5.41) is 0.621. The fourth-order valence-corrected chi connectivity index (χ4v) is 3.76. The SMILES string of the molecule is Cc1ccnc([S@@](=O)C[C@@H]2CCN(C(=O)OC(C)(C)C)C2)c1. The van der Waals surface area contributed by atoms with Gasteiger partial charge in [0.2, 0.25) is 0 Å². The Balaban J connectivity index is 1.88. The smallest absolute Gasteiger partial charge is 0.410 e. The van der Waals surface area contributed by atoms with Gasteiger partial charge in [-0.2, -0.15) is 0 Å². The van der Waals surface area contributed by atoms with Crippen LogP contribution in [0.25, 0.3) is 0 Å². The third-order valence-electron chi connectivity index (χ3n) is 3.45. The normalized spacial score (nSPS) is 20.0. The molecule has 1 amide bonds. The summed E-state index contributed by atoms with van der Waals surface area (Å²) < 4.78 is 17.7. The lowest BCUT2D eigenvalue weighted by molar-refractivity contribution is 0.0289. The van der Waals surface area contributed by atoms with Gasteiger partial charge in [0.25, 0.3) is 0 Å². The van der Waals surface area contributed by atoms with E-state index in [4.69, 9.17) is 4.74 Å². The average molecular weight is 324 g/mol. The Kier molecular flexibility index (Phi) is 5.21. The van der Waals surface area contributed by atoms with Crippen molar-refractivity contribution in [2.75, 3.05) is 18.8 Å². The van der Waals surface area contributed by atoms with E-state index in [1.165, 1.54) is 0 Å². The molecule has 0 N–H and O–H groups in total. The summed E-state index contributed by atoms with van der Waals surface area (Å²) in [6.45, 7) is 8.80. The van der Waals surface area contributed by atoms with Crippen LogP contribution in [0.5, 0.6) is 0 Å². The molecule has 0 aromatic carbocycles. The molecule has 0 bridgehead atoms. The molecule has 2 heterocycles. The summed E-state index contributed by atoms with van der Waals surface area (Å²) in [6, 6.07) is 3.75. The third kappa shape index (κ3) is 4.80. The van der Waals surface area contributed by atoms with Crippen molar-refractivity contribution < 1.29 is 13.7 Å². The molecule has 1 aliphatic rings. The summed E-state index contributed by atoms with van der Waals surface area (Å²) in [6.07, 6.45) is 2.26. The number of nitrogens with zero attached hydrogens (tertiary/aromatic N) is 2. The number of hydrogen-bond donors (Lipinski definition) is 0. The molecule has 1 aromatic rings. The topological polar surface area (TPSA) is 59.5 Å². The molecule has 1 fully saturated rings. The summed E-state index contributed by atoms with van der Waals surface area (Å²) in [5.41, 5.74) is 0.573. The lowest BCUT2D eigenvalue weighted by Gasteiger charge is -2.24. The Labute approximate surface area is 134 Å². The van der Waals surface area contributed by atoms with Gasteiger partial charge in [0.15, 0.2) is 0 Å². The van der Waals surface area contributed by atoms with E-state index in [-0.39, 0.29) is 12.0 Å². The maximum atomic E-state index is 12.4. The second-order valence-electron chi connectivity index (χ2n) is 6.76. The highest BCUT2D eigenvalue weighted by Gasteiger charge is 2.30. The summed E-state index contributed by atoms with van der Waals surface area (Å²) in [5.74, 6) is 0.770. The number of likely N-dealkylation sites (tertiary alicyclic amines) is 1. The van der Waals surface area contributed by atoms with Crippen LogP contribution >= 0.6 is 0 Å². The fourth-order valence-electron chi connectivity index (χ4n) is 2.39. The van der Waals surface area contributed by atoms with Gasteiger partial charge in [0, 0.05) is 25.0 Å². The van der Waals surface area contributed by atoms with Crippen LogP contribution in [0.4, 0.5) is 4.79 Å². The van der Waals surface area contributed by atoms with Gasteiger partial charge in [-0.1, -0.05) is 0 Å². The van der Waals surface area contributed by atoms with Gasteiger partial charge < -0.3 is 9.64 Å². The molecule has 1 aromatic heterocycles. The molecule has 0 aliphatic carbocycles. The van der Waals surface area contributed by atoms with Crippen molar-refractivity contribution in [3.05, 3.63) is 23.9 Å². The molecule has 1 aliphatic heterocycles. The first kappa shape index (κ1) is 16.9. The van der Waals surface area contributed by atoms with Gasteiger partial charge in [-0.15, -0.1) is 0 Å². The molecule has 5 nitrogen and oxygen atoms in total. The average Bonchev–Trinajstić information content (AvgIpc) is 2.85. The highest BCUT2D eigenvalue weighted by molar-refractivity contribution is 7.84. The van der Waals surface area contributed by atoms with E-state index in [0.29, 0.717) is 23.9 Å². The maximum Gasteiger partial charge on any atom is 0.410 e. The molecule has 2 rings (SSSR count). The molecule has 2 atom stereocenters. The van der Waals surface area contributed by atoms with Crippen molar-refractivity contribution in [3.63, 3.8) is 0 Å². The van der Waals surface area contributed by atoms with E-state index in [1.54, 1.807) is 11.1 Å². The van der Waals surface area contributed by atoms with Crippen molar-refractivity contribution in [3.8, 4) is 0 Å². The van der Waals surface area contributed by atoms with Gasteiger partial charge in [-0.05, 0) is 57.7 Å². The highest BCUT2D eigenvalue weighted by atomic mass is 32.2. The monoisotopic (exact) mass is 324 g/mol. The van der Waals surface area contributed by atoms with E-state index in [2.05, 4.69) is 4.98 Å². The maximum absolute atomic E-state index is 12.4. The predicted molar refractivity (Wildman–Crippen MR) is 86.2 cm³/mol. The fraction of sp³-hybridized carbons (Fsp3) is 0.625. The summed E-state index contributed by atoms with van der Waals surface area (Å²) in [7, 11) is -1.12. The number of rotatable bonds is 3. The number of pyridine rings is 1. The van der Waals surface area contributed by atoms with Crippen LogP contribution in [0.15, 0.2) is 23.4 Å². The minimum Gasteiger partial charge on any atom is -0.444 e. The van der Waals surface area contributed by atoms with Crippen LogP contribution in [0, 0.1) is 12.8 Å².